The summed E-state index contributed by atoms with van der Waals surface area (Å²) in [5.41, 5.74) is -1.46. The quantitative estimate of drug-likeness (QED) is 0.267. The Morgan fingerprint density at radius 1 is 1.34 bits per heavy atom. The molecule has 0 bridgehead atoms. The summed E-state index contributed by atoms with van der Waals surface area (Å²) in [6.45, 7) is 7.14. The number of hydrogen-bond donors (Lipinski definition) is 1. The van der Waals surface area contributed by atoms with Crippen LogP contribution in [0.4, 0.5) is 13.2 Å². The number of amides is 1. The van der Waals surface area contributed by atoms with Crippen molar-refractivity contribution in [2.45, 2.75) is 25.4 Å². The predicted molar refractivity (Wildman–Crippen MR) is 118 cm³/mol. The lowest BCUT2D eigenvalue weighted by atomic mass is 10.0. The molecule has 6 nitrogen and oxygen atoms in total. The minimum atomic E-state index is -4.21. The highest BCUT2D eigenvalue weighted by molar-refractivity contribution is 8.01. The van der Waals surface area contributed by atoms with Crippen molar-refractivity contribution in [3.05, 3.63) is 71.4 Å². The van der Waals surface area contributed by atoms with Crippen molar-refractivity contribution >= 4 is 29.5 Å². The zero-order valence-electron chi connectivity index (χ0n) is 16.9. The van der Waals surface area contributed by atoms with Crippen LogP contribution in [0.25, 0.3) is 5.82 Å². The van der Waals surface area contributed by atoms with E-state index in [1.807, 2.05) is 0 Å². The minimum absolute atomic E-state index is 0.0349. The summed E-state index contributed by atoms with van der Waals surface area (Å²) in [7, 11) is 0. The van der Waals surface area contributed by atoms with E-state index in [0.717, 1.165) is 11.9 Å². The largest absolute Gasteiger partial charge is 0.477 e. The molecule has 170 valence electrons. The summed E-state index contributed by atoms with van der Waals surface area (Å²) in [5, 5.41) is 4.11. The summed E-state index contributed by atoms with van der Waals surface area (Å²) in [5.74, 6) is 0.0467. The Labute approximate surface area is 192 Å². The van der Waals surface area contributed by atoms with Crippen molar-refractivity contribution in [3.63, 3.8) is 0 Å². The SMILES string of the molecule is C=C/C=C(\C=C)SNC(=O)c1ccc(-n2ccc(OCCC3(C(F)(F)F)CC3)n2)nc1Cl. The first-order chi connectivity index (χ1) is 15.2. The van der Waals surface area contributed by atoms with Crippen LogP contribution < -0.4 is 9.46 Å². The number of nitrogens with zero attached hydrogens (tertiary/aromatic N) is 3. The number of carbonyl (C=O) groups excluding carboxylic acids is 1. The lowest BCUT2D eigenvalue weighted by molar-refractivity contribution is -0.190. The van der Waals surface area contributed by atoms with Crippen LogP contribution in [0.1, 0.15) is 29.6 Å². The van der Waals surface area contributed by atoms with E-state index in [1.165, 1.54) is 23.0 Å². The van der Waals surface area contributed by atoms with Crippen LogP contribution in [0.5, 0.6) is 5.88 Å². The van der Waals surface area contributed by atoms with Crippen LogP contribution >= 0.6 is 23.5 Å². The van der Waals surface area contributed by atoms with Crippen LogP contribution in [0.2, 0.25) is 5.15 Å². The molecule has 2 heterocycles. The third-order valence-electron chi connectivity index (χ3n) is 4.91. The van der Waals surface area contributed by atoms with Gasteiger partial charge in [-0.3, -0.25) is 9.52 Å². The van der Waals surface area contributed by atoms with Gasteiger partial charge in [-0.05, 0) is 49.4 Å². The highest BCUT2D eigenvalue weighted by Gasteiger charge is 2.62. The first-order valence-corrected chi connectivity index (χ1v) is 10.7. The second kappa shape index (κ2) is 9.83. The van der Waals surface area contributed by atoms with E-state index in [0.29, 0.717) is 10.7 Å². The van der Waals surface area contributed by atoms with Gasteiger partial charge in [-0.15, -0.1) is 5.10 Å². The van der Waals surface area contributed by atoms with Gasteiger partial charge < -0.3 is 4.74 Å². The Morgan fingerprint density at radius 2 is 2.09 bits per heavy atom. The van der Waals surface area contributed by atoms with Gasteiger partial charge >= 0.3 is 6.18 Å². The van der Waals surface area contributed by atoms with Gasteiger partial charge in [0, 0.05) is 17.2 Å². The van der Waals surface area contributed by atoms with Crippen LogP contribution in [0.15, 0.2) is 60.7 Å². The van der Waals surface area contributed by atoms with Gasteiger partial charge in [-0.2, -0.15) is 13.2 Å². The molecule has 32 heavy (non-hydrogen) atoms. The third-order valence-corrected chi connectivity index (χ3v) is 6.02. The highest BCUT2D eigenvalue weighted by atomic mass is 35.5. The molecule has 2 aromatic heterocycles. The van der Waals surface area contributed by atoms with Gasteiger partial charge in [0.2, 0.25) is 5.88 Å². The summed E-state index contributed by atoms with van der Waals surface area (Å²) in [6.07, 6.45) is 2.32. The summed E-state index contributed by atoms with van der Waals surface area (Å²) >= 11 is 7.22. The second-order valence-corrected chi connectivity index (χ2v) is 8.26. The molecule has 1 amide bonds. The monoisotopic (exact) mass is 484 g/mol. The molecule has 0 aromatic carbocycles. The molecule has 0 unspecified atom stereocenters. The molecular formula is C21H20ClF3N4O2S. The number of rotatable bonds is 10. The standard InChI is InChI=1S/C21H20ClF3N4O2S/c1-3-5-14(4-2)32-28-19(30)15-6-7-16(26-18(15)22)29-12-8-17(27-29)31-13-11-20(9-10-20)21(23,24)25/h3-8,12H,1-2,9-11,13H2,(H,28,30)/b14-5+. The number of halogens is 4. The van der Waals surface area contributed by atoms with E-state index in [2.05, 4.69) is 28.0 Å². The number of hydrogen-bond acceptors (Lipinski definition) is 5. The van der Waals surface area contributed by atoms with Crippen LogP contribution in [0.3, 0.4) is 0 Å². The first kappa shape index (κ1) is 23.9. The molecule has 0 radical (unpaired) electrons. The predicted octanol–water partition coefficient (Wildman–Crippen LogP) is 5.67. The zero-order valence-corrected chi connectivity index (χ0v) is 18.4. The van der Waals surface area contributed by atoms with E-state index >= 15 is 0 Å². The summed E-state index contributed by atoms with van der Waals surface area (Å²) < 4.78 is 48.3. The van der Waals surface area contributed by atoms with Crippen LogP contribution in [0, 0.1) is 5.41 Å². The molecule has 0 atom stereocenters. The molecular weight excluding hydrogens is 465 g/mol. The normalized spacial score (nSPS) is 15.2. The fourth-order valence-corrected chi connectivity index (χ4v) is 3.63. The molecule has 1 aliphatic carbocycles. The maximum absolute atomic E-state index is 13.0. The average molecular weight is 485 g/mol. The molecule has 0 aliphatic heterocycles. The smallest absolute Gasteiger partial charge is 0.394 e. The summed E-state index contributed by atoms with van der Waals surface area (Å²) in [4.78, 5) is 17.2. The van der Waals surface area contributed by atoms with E-state index < -0.39 is 17.5 Å². The maximum Gasteiger partial charge on any atom is 0.394 e. The molecule has 11 heteroatoms. The number of ether oxygens (including phenoxy) is 1. The molecule has 1 fully saturated rings. The summed E-state index contributed by atoms with van der Waals surface area (Å²) in [6, 6.07) is 4.55. The Kier molecular flexibility index (Phi) is 7.35. The van der Waals surface area contributed by atoms with Crippen molar-refractivity contribution in [3.8, 4) is 11.7 Å². The molecule has 2 aromatic rings. The van der Waals surface area contributed by atoms with Gasteiger partial charge in [0.1, 0.15) is 5.15 Å². The first-order valence-electron chi connectivity index (χ1n) is 9.53. The van der Waals surface area contributed by atoms with Gasteiger partial charge in [0.25, 0.3) is 5.91 Å². The van der Waals surface area contributed by atoms with Crippen LogP contribution in [-0.2, 0) is 0 Å². The molecule has 1 N–H and O–H groups in total. The fourth-order valence-electron chi connectivity index (χ4n) is 2.83. The lowest BCUT2D eigenvalue weighted by Crippen LogP contribution is -2.26. The fraction of sp³-hybridized carbons (Fsp3) is 0.286. The number of carbonyl (C=O) groups is 1. The Balaban J connectivity index is 1.60. The second-order valence-electron chi connectivity index (χ2n) is 7.03. The molecule has 1 aliphatic rings. The topological polar surface area (TPSA) is 69.0 Å². The number of pyridine rings is 1. The van der Waals surface area contributed by atoms with Gasteiger partial charge in [-0.1, -0.05) is 36.9 Å². The Bertz CT molecular complexity index is 1050. The molecule has 0 spiro atoms. The maximum atomic E-state index is 13.0. The Morgan fingerprint density at radius 3 is 2.69 bits per heavy atom. The van der Waals surface area contributed by atoms with Crippen molar-refractivity contribution in [1.29, 1.82) is 0 Å². The average Bonchev–Trinajstić information content (AvgIpc) is 3.41. The number of nitrogens with one attached hydrogen (secondary N) is 1. The number of allylic oxidation sites excluding steroid dienone is 3. The zero-order chi connectivity index (χ0) is 23.4. The van der Waals surface area contributed by atoms with Gasteiger partial charge in [0.15, 0.2) is 5.82 Å². The number of alkyl halides is 3. The third kappa shape index (κ3) is 5.55. The van der Waals surface area contributed by atoms with Gasteiger partial charge in [-0.25, -0.2) is 9.67 Å². The molecule has 1 saturated carbocycles. The van der Waals surface area contributed by atoms with E-state index in [4.69, 9.17) is 16.3 Å². The van der Waals surface area contributed by atoms with Crippen molar-refractivity contribution in [1.82, 2.24) is 19.5 Å². The van der Waals surface area contributed by atoms with E-state index in [9.17, 15) is 18.0 Å². The molecule has 3 rings (SSSR count). The highest BCUT2D eigenvalue weighted by Crippen LogP contribution is 2.59. The molecule has 0 saturated heterocycles. The Hall–Kier alpha value is -2.72. The van der Waals surface area contributed by atoms with E-state index in [1.54, 1.807) is 24.3 Å². The number of aromatic nitrogens is 3. The van der Waals surface area contributed by atoms with Crippen LogP contribution in [-0.4, -0.2) is 33.5 Å². The van der Waals surface area contributed by atoms with E-state index in [-0.39, 0.29) is 42.5 Å². The van der Waals surface area contributed by atoms with Crippen molar-refractivity contribution in [2.75, 3.05) is 6.61 Å². The van der Waals surface area contributed by atoms with Gasteiger partial charge in [0.05, 0.1) is 17.6 Å². The lowest BCUT2D eigenvalue weighted by Gasteiger charge is -2.18. The van der Waals surface area contributed by atoms with Crippen molar-refractivity contribution in [2.24, 2.45) is 5.41 Å². The minimum Gasteiger partial charge on any atom is -0.477 e. The van der Waals surface area contributed by atoms with Crippen molar-refractivity contribution < 1.29 is 22.7 Å².